The smallest absolute Gasteiger partial charge is 0.550 e. The van der Waals surface area contributed by atoms with Gasteiger partial charge in [-0.2, -0.15) is 0 Å². The van der Waals surface area contributed by atoms with Crippen molar-refractivity contribution in [1.82, 2.24) is 0 Å². The fourth-order valence-electron chi connectivity index (χ4n) is 2.28. The summed E-state index contributed by atoms with van der Waals surface area (Å²) in [7, 11) is 0. The molecule has 0 saturated heterocycles. The van der Waals surface area contributed by atoms with E-state index in [0.29, 0.717) is 12.8 Å². The van der Waals surface area contributed by atoms with Crippen LogP contribution in [0.3, 0.4) is 0 Å². The quantitative estimate of drug-likeness (QED) is 0.581. The standard InChI is InChI=1S/C10H16O4.Sr/c1-9(2)6(7(11)12)4-5-10(9,3)8(13)14;/h6H,4-5H2,1-3H3,(H,11,12)(H,13,14);/q;+2/p-2. The fourth-order valence-corrected chi connectivity index (χ4v) is 2.28. The van der Waals surface area contributed by atoms with E-state index in [4.69, 9.17) is 0 Å². The van der Waals surface area contributed by atoms with Crippen molar-refractivity contribution in [1.29, 1.82) is 0 Å². The number of carboxylic acids is 2. The molecule has 0 N–H and O–H groups in total. The zero-order valence-electron chi connectivity index (χ0n) is 9.33. The maximum absolute atomic E-state index is 11.0. The molecule has 1 rings (SSSR count). The Labute approximate surface area is 126 Å². The SMILES string of the molecule is CC1(C(=O)[O-])CCC(C(=O)[O-])C1(C)C.[Sr+2]. The third kappa shape index (κ3) is 2.25. The Morgan fingerprint density at radius 2 is 1.67 bits per heavy atom. The van der Waals surface area contributed by atoms with E-state index in [1.54, 1.807) is 20.8 Å². The van der Waals surface area contributed by atoms with Crippen LogP contribution in [0.1, 0.15) is 33.6 Å². The molecule has 0 aromatic carbocycles. The van der Waals surface area contributed by atoms with E-state index < -0.39 is 28.7 Å². The summed E-state index contributed by atoms with van der Waals surface area (Å²) in [5, 5.41) is 21.8. The average molecular weight is 286 g/mol. The van der Waals surface area contributed by atoms with Gasteiger partial charge in [0.1, 0.15) is 0 Å². The number of hydrogen-bond acceptors (Lipinski definition) is 4. The Kier molecular flexibility index (Phi) is 4.87. The Morgan fingerprint density at radius 3 is 1.87 bits per heavy atom. The third-order valence-corrected chi connectivity index (χ3v) is 3.96. The minimum Gasteiger partial charge on any atom is -0.550 e. The number of carbonyl (C=O) groups excluding carboxylic acids is 2. The van der Waals surface area contributed by atoms with Crippen LogP contribution in [0.2, 0.25) is 0 Å². The molecule has 2 atom stereocenters. The van der Waals surface area contributed by atoms with Crippen LogP contribution in [0.25, 0.3) is 0 Å². The molecule has 1 aliphatic carbocycles. The summed E-state index contributed by atoms with van der Waals surface area (Å²) < 4.78 is 0. The minimum absolute atomic E-state index is 0. The summed E-state index contributed by atoms with van der Waals surface area (Å²) in [5.74, 6) is -3.04. The molecular weight excluding hydrogens is 272 g/mol. The molecule has 0 amide bonds. The molecule has 2 unspecified atom stereocenters. The van der Waals surface area contributed by atoms with Crippen LogP contribution in [0.15, 0.2) is 0 Å². The Morgan fingerprint density at radius 1 is 1.20 bits per heavy atom. The van der Waals surface area contributed by atoms with E-state index in [9.17, 15) is 19.8 Å². The second-order valence-corrected chi connectivity index (χ2v) is 4.75. The molecule has 0 heterocycles. The van der Waals surface area contributed by atoms with Crippen molar-refractivity contribution in [2.75, 3.05) is 0 Å². The van der Waals surface area contributed by atoms with Crippen LogP contribution in [0.5, 0.6) is 0 Å². The monoisotopic (exact) mass is 286 g/mol. The number of carbonyl (C=O) groups is 2. The molecule has 0 radical (unpaired) electrons. The van der Waals surface area contributed by atoms with Gasteiger partial charge in [0.2, 0.25) is 0 Å². The maximum atomic E-state index is 11.0. The summed E-state index contributed by atoms with van der Waals surface area (Å²) in [6.07, 6.45) is 0.681. The predicted octanol–water partition coefficient (Wildman–Crippen LogP) is -1.45. The normalized spacial score (nSPS) is 33.1. The molecule has 5 heteroatoms. The topological polar surface area (TPSA) is 80.3 Å². The first kappa shape index (κ1) is 15.4. The van der Waals surface area contributed by atoms with Crippen LogP contribution in [-0.4, -0.2) is 57.4 Å². The van der Waals surface area contributed by atoms with Gasteiger partial charge in [-0.05, 0) is 18.3 Å². The molecule has 4 nitrogen and oxygen atoms in total. The van der Waals surface area contributed by atoms with Crippen LogP contribution < -0.4 is 10.2 Å². The minimum atomic E-state index is -1.17. The van der Waals surface area contributed by atoms with Gasteiger partial charge in [0.05, 0.1) is 0 Å². The molecule has 1 aliphatic rings. The zero-order valence-corrected chi connectivity index (χ0v) is 12.8. The first-order chi connectivity index (χ1) is 6.23. The van der Waals surface area contributed by atoms with Crippen LogP contribution in [0.4, 0.5) is 0 Å². The first-order valence-electron chi connectivity index (χ1n) is 4.66. The van der Waals surface area contributed by atoms with Crippen molar-refractivity contribution in [3.63, 3.8) is 0 Å². The third-order valence-electron chi connectivity index (χ3n) is 3.96. The van der Waals surface area contributed by atoms with Crippen molar-refractivity contribution in [3.8, 4) is 0 Å². The number of carboxylic acid groups (broad SMARTS) is 2. The molecule has 0 aliphatic heterocycles. The van der Waals surface area contributed by atoms with Crippen molar-refractivity contribution in [3.05, 3.63) is 0 Å². The summed E-state index contributed by atoms with van der Waals surface area (Å²) in [4.78, 5) is 21.8. The van der Waals surface area contributed by atoms with Gasteiger partial charge < -0.3 is 19.8 Å². The van der Waals surface area contributed by atoms with Crippen molar-refractivity contribution < 1.29 is 19.8 Å². The van der Waals surface area contributed by atoms with Crippen molar-refractivity contribution in [2.24, 2.45) is 16.7 Å². The van der Waals surface area contributed by atoms with Gasteiger partial charge in [0.15, 0.2) is 0 Å². The van der Waals surface area contributed by atoms with Crippen molar-refractivity contribution in [2.45, 2.75) is 33.6 Å². The molecule has 0 aromatic heterocycles. The largest absolute Gasteiger partial charge is 2.00 e. The summed E-state index contributed by atoms with van der Waals surface area (Å²) in [5.41, 5.74) is -1.89. The van der Waals surface area contributed by atoms with E-state index in [0.717, 1.165) is 0 Å². The van der Waals surface area contributed by atoms with Gasteiger partial charge in [-0.1, -0.05) is 20.8 Å². The van der Waals surface area contributed by atoms with Gasteiger partial charge in [-0.25, -0.2) is 0 Å². The Hall–Kier alpha value is 0.421. The maximum Gasteiger partial charge on any atom is 2.00 e. The molecule has 15 heavy (non-hydrogen) atoms. The molecule has 0 bridgehead atoms. The van der Waals surface area contributed by atoms with E-state index in [1.807, 2.05) is 0 Å². The van der Waals surface area contributed by atoms with E-state index in [2.05, 4.69) is 0 Å². The number of rotatable bonds is 2. The van der Waals surface area contributed by atoms with Gasteiger partial charge >= 0.3 is 45.5 Å². The summed E-state index contributed by atoms with van der Waals surface area (Å²) in [6.45, 7) is 4.85. The molecule has 1 fully saturated rings. The molecular formula is C10H14O4Sr. The number of hydrogen-bond donors (Lipinski definition) is 0. The van der Waals surface area contributed by atoms with Gasteiger partial charge in [-0.15, -0.1) is 0 Å². The van der Waals surface area contributed by atoms with Crippen LogP contribution >= 0.6 is 0 Å². The van der Waals surface area contributed by atoms with E-state index >= 15 is 0 Å². The zero-order chi connectivity index (χ0) is 11.1. The number of aliphatic carboxylic acids is 2. The summed E-state index contributed by atoms with van der Waals surface area (Å²) >= 11 is 0. The predicted molar refractivity (Wildman–Crippen MR) is 50.4 cm³/mol. The second-order valence-electron chi connectivity index (χ2n) is 4.75. The van der Waals surface area contributed by atoms with Gasteiger partial charge in [-0.3, -0.25) is 0 Å². The van der Waals surface area contributed by atoms with Gasteiger partial charge in [0, 0.05) is 23.3 Å². The molecule has 1 saturated carbocycles. The Bertz CT molecular complexity index is 287. The molecule has 0 spiro atoms. The Balaban J connectivity index is 0.00000196. The summed E-state index contributed by atoms with van der Waals surface area (Å²) in [6, 6.07) is 0. The molecule has 0 aromatic rings. The first-order valence-corrected chi connectivity index (χ1v) is 4.66. The second kappa shape index (κ2) is 4.74. The molecule has 80 valence electrons. The van der Waals surface area contributed by atoms with E-state index in [1.165, 1.54) is 0 Å². The van der Waals surface area contributed by atoms with Gasteiger partial charge in [0.25, 0.3) is 0 Å². The average Bonchev–Trinajstić information content (AvgIpc) is 2.24. The van der Waals surface area contributed by atoms with Crippen molar-refractivity contribution >= 4 is 57.4 Å². The fraction of sp³-hybridized carbons (Fsp3) is 0.800. The van der Waals surface area contributed by atoms with Crippen LogP contribution in [0, 0.1) is 16.7 Å². The van der Waals surface area contributed by atoms with E-state index in [-0.39, 0.29) is 45.5 Å². The van der Waals surface area contributed by atoms with Crippen LogP contribution in [-0.2, 0) is 9.59 Å².